The highest BCUT2D eigenvalue weighted by atomic mass is 16.5. The summed E-state index contributed by atoms with van der Waals surface area (Å²) in [5.41, 5.74) is 1.04. The molecule has 0 aromatic carbocycles. The maximum Gasteiger partial charge on any atom is 0.249 e. The fourth-order valence-corrected chi connectivity index (χ4v) is 4.07. The van der Waals surface area contributed by atoms with Gasteiger partial charge in [0.1, 0.15) is 13.2 Å². The Labute approximate surface area is 160 Å². The molecule has 1 atom stereocenters. The van der Waals surface area contributed by atoms with E-state index in [1.54, 1.807) is 18.0 Å². The third-order valence-electron chi connectivity index (χ3n) is 5.34. The van der Waals surface area contributed by atoms with E-state index in [0.29, 0.717) is 19.8 Å². The molecule has 150 valence electrons. The third-order valence-corrected chi connectivity index (χ3v) is 5.34. The van der Waals surface area contributed by atoms with E-state index in [0.717, 1.165) is 37.8 Å². The fourth-order valence-electron chi connectivity index (χ4n) is 4.07. The van der Waals surface area contributed by atoms with Crippen LogP contribution >= 0.6 is 0 Å². The minimum atomic E-state index is 0.00593. The van der Waals surface area contributed by atoms with Gasteiger partial charge in [-0.05, 0) is 38.2 Å². The molecular formula is C19H30N4O4. The predicted molar refractivity (Wildman–Crippen MR) is 99.1 cm³/mol. The molecule has 1 unspecified atom stereocenters. The van der Waals surface area contributed by atoms with Crippen LogP contribution < -0.4 is 0 Å². The van der Waals surface area contributed by atoms with Crippen molar-refractivity contribution in [3.63, 3.8) is 0 Å². The average molecular weight is 378 g/mol. The van der Waals surface area contributed by atoms with Crippen LogP contribution in [0, 0.1) is 6.92 Å². The normalized spacial score (nSPS) is 21.3. The number of amides is 2. The fraction of sp³-hybridized carbons (Fsp3) is 0.737. The Morgan fingerprint density at radius 1 is 1.30 bits per heavy atom. The van der Waals surface area contributed by atoms with Gasteiger partial charge in [0, 0.05) is 51.7 Å². The monoisotopic (exact) mass is 378 g/mol. The van der Waals surface area contributed by atoms with Crippen molar-refractivity contribution < 1.29 is 19.1 Å². The molecule has 2 saturated heterocycles. The lowest BCUT2D eigenvalue weighted by atomic mass is 9.98. The van der Waals surface area contributed by atoms with E-state index in [9.17, 15) is 9.59 Å². The Bertz CT molecular complexity index is 641. The van der Waals surface area contributed by atoms with E-state index in [-0.39, 0.29) is 37.0 Å². The molecule has 0 bridgehead atoms. The van der Waals surface area contributed by atoms with Crippen molar-refractivity contribution in [1.82, 2.24) is 19.6 Å². The van der Waals surface area contributed by atoms with Gasteiger partial charge in [-0.2, -0.15) is 5.10 Å². The Balaban J connectivity index is 1.67. The van der Waals surface area contributed by atoms with Crippen LogP contribution in [0.1, 0.15) is 31.2 Å². The second-order valence-corrected chi connectivity index (χ2v) is 7.43. The van der Waals surface area contributed by atoms with Crippen molar-refractivity contribution in [3.05, 3.63) is 18.0 Å². The minimum absolute atomic E-state index is 0.00593. The molecule has 0 saturated carbocycles. The van der Waals surface area contributed by atoms with Crippen LogP contribution in [0.15, 0.2) is 12.4 Å². The molecule has 2 aliphatic rings. The van der Waals surface area contributed by atoms with Crippen molar-refractivity contribution >= 4 is 11.8 Å². The van der Waals surface area contributed by atoms with Gasteiger partial charge in [-0.25, -0.2) is 0 Å². The van der Waals surface area contributed by atoms with E-state index in [1.165, 1.54) is 0 Å². The summed E-state index contributed by atoms with van der Waals surface area (Å²) >= 11 is 0. The Morgan fingerprint density at radius 2 is 2.07 bits per heavy atom. The lowest BCUT2D eigenvalue weighted by molar-refractivity contribution is -0.147. The van der Waals surface area contributed by atoms with E-state index in [1.807, 2.05) is 22.9 Å². The average Bonchev–Trinajstić information content (AvgIpc) is 3.08. The van der Waals surface area contributed by atoms with E-state index >= 15 is 0 Å². The largest absolute Gasteiger partial charge is 0.381 e. The summed E-state index contributed by atoms with van der Waals surface area (Å²) in [4.78, 5) is 29.3. The zero-order valence-electron chi connectivity index (χ0n) is 16.3. The Hall–Kier alpha value is -1.93. The maximum atomic E-state index is 12.8. The van der Waals surface area contributed by atoms with Gasteiger partial charge in [0.05, 0.1) is 6.20 Å². The highest BCUT2D eigenvalue weighted by Crippen LogP contribution is 2.24. The van der Waals surface area contributed by atoms with Gasteiger partial charge in [0.2, 0.25) is 11.8 Å². The molecule has 0 aliphatic carbocycles. The molecule has 2 aliphatic heterocycles. The summed E-state index contributed by atoms with van der Waals surface area (Å²) in [6.07, 6.45) is 7.11. The molecule has 8 nitrogen and oxygen atoms in total. The smallest absolute Gasteiger partial charge is 0.249 e. The molecule has 1 aromatic heterocycles. The molecular weight excluding hydrogens is 348 g/mol. The Morgan fingerprint density at radius 3 is 2.74 bits per heavy atom. The summed E-state index contributed by atoms with van der Waals surface area (Å²) in [5, 5.41) is 4.20. The second kappa shape index (κ2) is 9.32. The summed E-state index contributed by atoms with van der Waals surface area (Å²) in [5.74, 6) is 0.0559. The van der Waals surface area contributed by atoms with Crippen LogP contribution in [0.25, 0.3) is 0 Å². The first-order valence-corrected chi connectivity index (χ1v) is 9.73. The molecule has 0 N–H and O–H groups in total. The van der Waals surface area contributed by atoms with Gasteiger partial charge in [-0.1, -0.05) is 0 Å². The van der Waals surface area contributed by atoms with Gasteiger partial charge in [0.25, 0.3) is 0 Å². The van der Waals surface area contributed by atoms with Crippen molar-refractivity contribution in [2.45, 2.75) is 51.2 Å². The highest BCUT2D eigenvalue weighted by Gasteiger charge is 2.35. The minimum Gasteiger partial charge on any atom is -0.381 e. The molecule has 8 heteroatoms. The highest BCUT2D eigenvalue weighted by molar-refractivity contribution is 5.79. The number of carbonyl (C=O) groups is 2. The summed E-state index contributed by atoms with van der Waals surface area (Å²) in [7, 11) is 1.54. The van der Waals surface area contributed by atoms with Crippen molar-refractivity contribution in [2.24, 2.45) is 0 Å². The number of aromatic nitrogens is 2. The number of rotatable bonds is 6. The lowest BCUT2D eigenvalue weighted by Gasteiger charge is -2.44. The van der Waals surface area contributed by atoms with Crippen LogP contribution in [-0.2, 0) is 25.6 Å². The molecule has 2 amide bonds. The molecule has 27 heavy (non-hydrogen) atoms. The predicted octanol–water partition coefficient (Wildman–Crippen LogP) is 0.837. The number of methoxy groups -OCH3 is 1. The number of piperidine rings is 1. The van der Waals surface area contributed by atoms with E-state index in [4.69, 9.17) is 9.47 Å². The Kier molecular flexibility index (Phi) is 6.84. The number of hydrogen-bond acceptors (Lipinski definition) is 5. The third kappa shape index (κ3) is 5.07. The molecule has 3 rings (SSSR count). The number of hydrogen-bond donors (Lipinski definition) is 0. The molecule has 2 fully saturated rings. The lowest BCUT2D eigenvalue weighted by Crippen LogP contribution is -2.57. The number of ether oxygens (including phenoxy) is 2. The van der Waals surface area contributed by atoms with Gasteiger partial charge in [0.15, 0.2) is 0 Å². The molecule has 0 spiro atoms. The van der Waals surface area contributed by atoms with Crippen molar-refractivity contribution in [3.8, 4) is 0 Å². The van der Waals surface area contributed by atoms with Gasteiger partial charge >= 0.3 is 0 Å². The van der Waals surface area contributed by atoms with Crippen molar-refractivity contribution in [2.75, 3.05) is 40.0 Å². The zero-order chi connectivity index (χ0) is 19.2. The second-order valence-electron chi connectivity index (χ2n) is 7.43. The first-order chi connectivity index (χ1) is 13.1. The molecule has 3 heterocycles. The van der Waals surface area contributed by atoms with Gasteiger partial charge in [-0.3, -0.25) is 14.3 Å². The van der Waals surface area contributed by atoms with Crippen LogP contribution in [0.5, 0.6) is 0 Å². The number of likely N-dealkylation sites (tertiary alicyclic amines) is 1. The topological polar surface area (TPSA) is 76.9 Å². The first-order valence-electron chi connectivity index (χ1n) is 9.73. The van der Waals surface area contributed by atoms with Gasteiger partial charge in [-0.15, -0.1) is 0 Å². The summed E-state index contributed by atoms with van der Waals surface area (Å²) < 4.78 is 12.2. The van der Waals surface area contributed by atoms with E-state index in [2.05, 4.69) is 5.10 Å². The SMILES string of the molecule is COCC(=O)N(C1CCOCC1)C1CCCN(C(=O)Cn2cc(C)cn2)C1. The van der Waals surface area contributed by atoms with Crippen LogP contribution in [-0.4, -0.2) is 83.5 Å². The first kappa shape index (κ1) is 19.8. The zero-order valence-corrected chi connectivity index (χ0v) is 16.3. The molecule has 0 radical (unpaired) electrons. The number of nitrogens with zero attached hydrogens (tertiary/aromatic N) is 4. The standard InChI is InChI=1S/C19H30N4O4/c1-15-10-20-22(11-15)13-18(24)21-7-3-4-17(12-21)23(19(25)14-26-2)16-5-8-27-9-6-16/h10-11,16-17H,3-9,12-14H2,1-2H3. The maximum absolute atomic E-state index is 12.8. The molecule has 1 aromatic rings. The van der Waals surface area contributed by atoms with Crippen LogP contribution in [0.3, 0.4) is 0 Å². The quantitative estimate of drug-likeness (QED) is 0.733. The number of aryl methyl sites for hydroxylation is 1. The van der Waals surface area contributed by atoms with Crippen LogP contribution in [0.4, 0.5) is 0 Å². The van der Waals surface area contributed by atoms with Crippen LogP contribution in [0.2, 0.25) is 0 Å². The number of carbonyl (C=O) groups excluding carboxylic acids is 2. The summed E-state index contributed by atoms with van der Waals surface area (Å²) in [6.45, 7) is 4.93. The summed E-state index contributed by atoms with van der Waals surface area (Å²) in [6, 6.07) is 0.197. The van der Waals surface area contributed by atoms with Crippen molar-refractivity contribution in [1.29, 1.82) is 0 Å². The van der Waals surface area contributed by atoms with E-state index < -0.39 is 0 Å². The van der Waals surface area contributed by atoms with Gasteiger partial charge < -0.3 is 19.3 Å².